The minimum Gasteiger partial charge on any atom is -0.480 e. The number of hydrogen-bond acceptors (Lipinski definition) is 4. The van der Waals surface area contributed by atoms with E-state index in [0.29, 0.717) is 24.5 Å². The van der Waals surface area contributed by atoms with Gasteiger partial charge < -0.3 is 10.1 Å². The molecular weight excluding hydrogens is 297 g/mol. The van der Waals surface area contributed by atoms with Gasteiger partial charge in [-0.3, -0.25) is 4.79 Å². The van der Waals surface area contributed by atoms with Crippen LogP contribution in [-0.2, 0) is 4.79 Å². The van der Waals surface area contributed by atoms with E-state index in [4.69, 9.17) is 16.3 Å². The van der Waals surface area contributed by atoms with Gasteiger partial charge >= 0.3 is 0 Å². The maximum atomic E-state index is 13.1. The predicted octanol–water partition coefficient (Wildman–Crippen LogP) is 3.07. The van der Waals surface area contributed by atoms with Crippen LogP contribution >= 0.6 is 11.6 Å². The Morgan fingerprint density at radius 1 is 1.62 bits per heavy atom. The number of alkyl halides is 2. The molecule has 0 radical (unpaired) electrons. The summed E-state index contributed by atoms with van der Waals surface area (Å²) >= 11 is 5.51. The lowest BCUT2D eigenvalue weighted by molar-refractivity contribution is -0.111. The average molecular weight is 314 g/mol. The quantitative estimate of drug-likeness (QED) is 0.477. The lowest BCUT2D eigenvalue weighted by Gasteiger charge is -2.01. The first-order valence-corrected chi connectivity index (χ1v) is 7.10. The highest BCUT2D eigenvalue weighted by Gasteiger charge is 2.53. The number of unbranched alkanes of at least 4 members (excludes halogenated alkanes) is 1. The van der Waals surface area contributed by atoms with Crippen molar-refractivity contribution in [1.29, 1.82) is 0 Å². The molecule has 0 aliphatic heterocycles. The van der Waals surface area contributed by atoms with E-state index < -0.39 is 5.13 Å². The van der Waals surface area contributed by atoms with Crippen LogP contribution in [0.2, 0.25) is 0 Å². The van der Waals surface area contributed by atoms with E-state index in [-0.39, 0.29) is 11.8 Å². The van der Waals surface area contributed by atoms with Crippen LogP contribution in [0.1, 0.15) is 25.7 Å². The molecule has 7 heteroatoms. The molecule has 2 unspecified atom stereocenters. The number of amides is 1. The van der Waals surface area contributed by atoms with Gasteiger partial charge in [0.25, 0.3) is 0 Å². The second-order valence-electron chi connectivity index (χ2n) is 4.93. The number of halogens is 2. The number of aromatic nitrogens is 2. The Bertz CT molecular complexity index is 519. The summed E-state index contributed by atoms with van der Waals surface area (Å²) in [6.45, 7) is 0. The molecule has 1 aliphatic rings. The molecule has 1 aromatic rings. The fourth-order valence-electron chi connectivity index (χ4n) is 1.91. The highest BCUT2D eigenvalue weighted by atomic mass is 35.5. The molecule has 2 atom stereocenters. The van der Waals surface area contributed by atoms with Crippen LogP contribution in [0, 0.1) is 5.92 Å². The molecule has 1 heterocycles. The van der Waals surface area contributed by atoms with E-state index in [1.165, 1.54) is 25.6 Å². The molecule has 1 saturated carbocycles. The summed E-state index contributed by atoms with van der Waals surface area (Å²) < 4.78 is 17.9. The Hall–Kier alpha value is -1.69. The predicted molar refractivity (Wildman–Crippen MR) is 78.0 cm³/mol. The summed E-state index contributed by atoms with van der Waals surface area (Å²) in [5.74, 6) is 0.425. The van der Waals surface area contributed by atoms with E-state index >= 15 is 0 Å². The Balaban J connectivity index is 1.65. The third-order valence-corrected chi connectivity index (χ3v) is 3.70. The first-order chi connectivity index (χ1) is 10.0. The van der Waals surface area contributed by atoms with Crippen LogP contribution in [0.15, 0.2) is 24.5 Å². The van der Waals surface area contributed by atoms with Crippen LogP contribution in [0.4, 0.5) is 10.2 Å². The van der Waals surface area contributed by atoms with E-state index in [1.807, 2.05) is 0 Å². The molecule has 1 N–H and O–H groups in total. The monoisotopic (exact) mass is 313 g/mol. The van der Waals surface area contributed by atoms with Gasteiger partial charge in [0.1, 0.15) is 0 Å². The van der Waals surface area contributed by atoms with Crippen molar-refractivity contribution in [3.05, 3.63) is 24.5 Å². The average Bonchev–Trinajstić information content (AvgIpc) is 3.06. The van der Waals surface area contributed by atoms with Crippen molar-refractivity contribution in [3.8, 4) is 5.88 Å². The minimum absolute atomic E-state index is 0.0315. The number of carbonyl (C=O) groups is 1. The first kappa shape index (κ1) is 15.7. The molecule has 21 heavy (non-hydrogen) atoms. The van der Waals surface area contributed by atoms with Crippen molar-refractivity contribution < 1.29 is 13.9 Å². The molecule has 114 valence electrons. The fraction of sp³-hybridized carbons (Fsp3) is 0.500. The number of anilines is 1. The van der Waals surface area contributed by atoms with Crippen molar-refractivity contribution in [1.82, 2.24) is 9.97 Å². The molecule has 0 aromatic carbocycles. The third-order valence-electron chi connectivity index (χ3n) is 3.24. The zero-order valence-corrected chi connectivity index (χ0v) is 12.4. The molecular formula is C14H17ClFN3O2. The van der Waals surface area contributed by atoms with Crippen LogP contribution in [0.5, 0.6) is 5.88 Å². The molecule has 0 saturated heterocycles. The van der Waals surface area contributed by atoms with Crippen LogP contribution in [0.3, 0.4) is 0 Å². The topological polar surface area (TPSA) is 64.1 Å². The molecule has 0 bridgehead atoms. The van der Waals surface area contributed by atoms with Crippen LogP contribution in [0.25, 0.3) is 0 Å². The van der Waals surface area contributed by atoms with Gasteiger partial charge in [-0.2, -0.15) is 0 Å². The molecule has 0 spiro atoms. The number of ether oxygens (including phenoxy) is 1. The standard InChI is InChI=1S/C14H17ClFN3O2/c1-21-13-9-17-11(8-18-13)19-12(20)6-4-2-3-5-10-7-14(10,15)16/h4,6,8-10H,2-3,5,7H2,1H3,(H,17,19,20)/b6-4+. The summed E-state index contributed by atoms with van der Waals surface area (Å²) in [6.07, 6.45) is 8.74. The number of nitrogens with zero attached hydrogens (tertiary/aromatic N) is 2. The minimum atomic E-state index is -1.48. The molecule has 1 aliphatic carbocycles. The zero-order chi connectivity index (χ0) is 15.3. The van der Waals surface area contributed by atoms with Crippen LogP contribution in [-0.4, -0.2) is 28.1 Å². The summed E-state index contributed by atoms with van der Waals surface area (Å²) in [5, 5.41) is 1.10. The summed E-state index contributed by atoms with van der Waals surface area (Å²) in [6, 6.07) is 0. The Morgan fingerprint density at radius 2 is 2.38 bits per heavy atom. The first-order valence-electron chi connectivity index (χ1n) is 6.72. The van der Waals surface area contributed by atoms with E-state index in [0.717, 1.165) is 12.8 Å². The van der Waals surface area contributed by atoms with Gasteiger partial charge in [0.05, 0.1) is 19.5 Å². The normalized spacial score (nSPS) is 24.0. The number of carbonyl (C=O) groups excluding carboxylic acids is 1. The maximum Gasteiger partial charge on any atom is 0.249 e. The SMILES string of the molecule is COc1cnc(NC(=O)/C=C/CCCC2CC2(F)Cl)cn1. The van der Waals surface area contributed by atoms with Crippen LogP contribution < -0.4 is 10.1 Å². The molecule has 1 amide bonds. The van der Waals surface area contributed by atoms with Gasteiger partial charge in [-0.1, -0.05) is 17.7 Å². The maximum absolute atomic E-state index is 13.1. The second-order valence-corrected chi connectivity index (χ2v) is 5.56. The number of allylic oxidation sites excluding steroid dienone is 1. The van der Waals surface area contributed by atoms with Gasteiger partial charge in [0.15, 0.2) is 10.9 Å². The highest BCUT2D eigenvalue weighted by molar-refractivity contribution is 6.24. The lowest BCUT2D eigenvalue weighted by Crippen LogP contribution is -2.09. The number of nitrogens with one attached hydrogen (secondary N) is 1. The van der Waals surface area contributed by atoms with E-state index in [1.54, 1.807) is 6.08 Å². The second kappa shape index (κ2) is 6.85. The van der Waals surface area contributed by atoms with E-state index in [2.05, 4.69) is 15.3 Å². The highest BCUT2D eigenvalue weighted by Crippen LogP contribution is 2.53. The molecule has 5 nitrogen and oxygen atoms in total. The van der Waals surface area contributed by atoms with E-state index in [9.17, 15) is 9.18 Å². The summed E-state index contributed by atoms with van der Waals surface area (Å²) in [4.78, 5) is 19.5. The molecule has 1 aromatic heterocycles. The number of rotatable bonds is 7. The summed E-state index contributed by atoms with van der Waals surface area (Å²) in [5.41, 5.74) is 0. The van der Waals surface area contributed by atoms with Gasteiger partial charge in [0.2, 0.25) is 11.8 Å². The number of methoxy groups -OCH3 is 1. The van der Waals surface area contributed by atoms with Crippen molar-refractivity contribution in [3.63, 3.8) is 0 Å². The van der Waals surface area contributed by atoms with Crippen molar-refractivity contribution in [2.45, 2.75) is 30.8 Å². The molecule has 1 fully saturated rings. The van der Waals surface area contributed by atoms with Crippen molar-refractivity contribution >= 4 is 23.3 Å². The van der Waals surface area contributed by atoms with Crippen molar-refractivity contribution in [2.75, 3.05) is 12.4 Å². The molecule has 2 rings (SSSR count). The number of hydrogen-bond donors (Lipinski definition) is 1. The van der Waals surface area contributed by atoms with Gasteiger partial charge in [0, 0.05) is 12.3 Å². The van der Waals surface area contributed by atoms with Crippen molar-refractivity contribution in [2.24, 2.45) is 5.92 Å². The Morgan fingerprint density at radius 3 is 2.95 bits per heavy atom. The largest absolute Gasteiger partial charge is 0.480 e. The fourth-order valence-corrected chi connectivity index (χ4v) is 2.20. The Kier molecular flexibility index (Phi) is 5.12. The van der Waals surface area contributed by atoms with Gasteiger partial charge in [-0.05, 0) is 25.3 Å². The Labute approximate surface area is 127 Å². The summed E-state index contributed by atoms with van der Waals surface area (Å²) in [7, 11) is 1.49. The third kappa shape index (κ3) is 4.97. The van der Waals surface area contributed by atoms with Gasteiger partial charge in [-0.25, -0.2) is 14.4 Å². The zero-order valence-electron chi connectivity index (χ0n) is 11.7. The lowest BCUT2D eigenvalue weighted by atomic mass is 10.1. The smallest absolute Gasteiger partial charge is 0.249 e. The van der Waals surface area contributed by atoms with Gasteiger partial charge in [-0.15, -0.1) is 0 Å².